The molecule has 6 nitrogen and oxygen atoms in total. The summed E-state index contributed by atoms with van der Waals surface area (Å²) in [6, 6.07) is 12.3. The van der Waals surface area contributed by atoms with Crippen LogP contribution in [0, 0.1) is 0 Å². The van der Waals surface area contributed by atoms with Crippen molar-refractivity contribution < 1.29 is 16.8 Å². The summed E-state index contributed by atoms with van der Waals surface area (Å²) in [7, 11) is -7.61. The molecular formula is C20H26N2O4S2. The summed E-state index contributed by atoms with van der Waals surface area (Å²) in [6.07, 6.45) is 2.75. The van der Waals surface area contributed by atoms with Crippen molar-refractivity contribution in [3.05, 3.63) is 54.1 Å². The lowest BCUT2D eigenvalue weighted by molar-refractivity contribution is 0.427. The van der Waals surface area contributed by atoms with Crippen LogP contribution in [-0.4, -0.2) is 36.0 Å². The van der Waals surface area contributed by atoms with Crippen LogP contribution < -0.4 is 10.0 Å². The van der Waals surface area contributed by atoms with Crippen LogP contribution in [0.1, 0.15) is 31.7 Å². The van der Waals surface area contributed by atoms with Crippen molar-refractivity contribution in [2.24, 2.45) is 0 Å². The third kappa shape index (κ3) is 4.63. The second kappa shape index (κ2) is 8.73. The van der Waals surface area contributed by atoms with E-state index in [0.717, 1.165) is 19.5 Å². The van der Waals surface area contributed by atoms with Crippen molar-refractivity contribution >= 4 is 19.9 Å². The van der Waals surface area contributed by atoms with Gasteiger partial charge in [-0.15, -0.1) is 0 Å². The number of rotatable bonds is 7. The third-order valence-electron chi connectivity index (χ3n) is 4.87. The standard InChI is InChI=1S/C20H26N2O4S2/c1-2-6-16-9-10-19(27(23,24)18-7-4-3-5-8-18)15-20(16)28(25,26)22-17-11-13-21-14-12-17/h3-5,7-10,15,17,21-22H,2,6,11-14H2,1H3. The first kappa shape index (κ1) is 21.0. The maximum Gasteiger partial charge on any atom is 0.241 e. The van der Waals surface area contributed by atoms with E-state index >= 15 is 0 Å². The third-order valence-corrected chi connectivity index (χ3v) is 8.24. The Balaban J connectivity index is 2.02. The minimum atomic E-state index is -3.82. The zero-order valence-corrected chi connectivity index (χ0v) is 17.5. The van der Waals surface area contributed by atoms with E-state index in [4.69, 9.17) is 0 Å². The van der Waals surface area contributed by atoms with Gasteiger partial charge in [-0.05, 0) is 62.2 Å². The van der Waals surface area contributed by atoms with Crippen molar-refractivity contribution in [1.82, 2.24) is 10.0 Å². The molecule has 0 bridgehead atoms. The molecule has 0 saturated carbocycles. The molecule has 28 heavy (non-hydrogen) atoms. The fourth-order valence-corrected chi connectivity index (χ4v) is 6.37. The summed E-state index contributed by atoms with van der Waals surface area (Å²) < 4.78 is 54.8. The van der Waals surface area contributed by atoms with Gasteiger partial charge in [0.05, 0.1) is 14.7 Å². The van der Waals surface area contributed by atoms with E-state index in [0.29, 0.717) is 24.8 Å². The molecule has 8 heteroatoms. The Morgan fingerprint density at radius 1 is 0.964 bits per heavy atom. The summed E-state index contributed by atoms with van der Waals surface area (Å²) >= 11 is 0. The molecule has 0 radical (unpaired) electrons. The first-order chi connectivity index (χ1) is 13.3. The first-order valence-electron chi connectivity index (χ1n) is 9.50. The van der Waals surface area contributed by atoms with Crippen molar-refractivity contribution in [3.8, 4) is 0 Å². The van der Waals surface area contributed by atoms with Crippen molar-refractivity contribution in [2.45, 2.75) is 53.3 Å². The Kier molecular flexibility index (Phi) is 6.54. The highest BCUT2D eigenvalue weighted by molar-refractivity contribution is 7.91. The number of aryl methyl sites for hydroxylation is 1. The average Bonchev–Trinajstić information content (AvgIpc) is 2.69. The predicted octanol–water partition coefficient (Wildman–Crippen LogP) is 2.50. The molecule has 3 rings (SSSR count). The van der Waals surface area contributed by atoms with Gasteiger partial charge in [0, 0.05) is 6.04 Å². The molecule has 0 aromatic heterocycles. The molecule has 2 aromatic carbocycles. The van der Waals surface area contributed by atoms with Gasteiger partial charge >= 0.3 is 0 Å². The molecule has 1 aliphatic heterocycles. The summed E-state index contributed by atoms with van der Waals surface area (Å²) in [5.41, 5.74) is 0.635. The van der Waals surface area contributed by atoms with Crippen molar-refractivity contribution in [2.75, 3.05) is 13.1 Å². The molecule has 1 saturated heterocycles. The molecule has 0 amide bonds. The molecule has 0 atom stereocenters. The van der Waals surface area contributed by atoms with E-state index in [1.54, 1.807) is 24.3 Å². The Morgan fingerprint density at radius 2 is 1.64 bits per heavy atom. The molecule has 152 valence electrons. The van der Waals surface area contributed by atoms with E-state index in [1.807, 2.05) is 6.92 Å². The number of hydrogen-bond donors (Lipinski definition) is 2. The monoisotopic (exact) mass is 422 g/mol. The van der Waals surface area contributed by atoms with Crippen LogP contribution in [0.5, 0.6) is 0 Å². The number of sulfonamides is 1. The van der Waals surface area contributed by atoms with Gasteiger partial charge in [0.25, 0.3) is 0 Å². The second-order valence-electron chi connectivity index (χ2n) is 6.98. The van der Waals surface area contributed by atoms with Gasteiger partial charge < -0.3 is 5.32 Å². The summed E-state index contributed by atoms with van der Waals surface area (Å²) in [4.78, 5) is 0.196. The summed E-state index contributed by atoms with van der Waals surface area (Å²) in [5.74, 6) is 0. The fraction of sp³-hybridized carbons (Fsp3) is 0.400. The zero-order chi connectivity index (χ0) is 20.2. The fourth-order valence-electron chi connectivity index (χ4n) is 3.39. The van der Waals surface area contributed by atoms with Crippen LogP contribution in [0.3, 0.4) is 0 Å². The van der Waals surface area contributed by atoms with Gasteiger partial charge in [0.15, 0.2) is 0 Å². The lowest BCUT2D eigenvalue weighted by Gasteiger charge is -2.24. The number of piperidine rings is 1. The van der Waals surface area contributed by atoms with E-state index in [2.05, 4.69) is 10.0 Å². The van der Waals surface area contributed by atoms with E-state index in [1.165, 1.54) is 24.3 Å². The van der Waals surface area contributed by atoms with E-state index in [9.17, 15) is 16.8 Å². The molecule has 0 unspecified atom stereocenters. The number of hydrogen-bond acceptors (Lipinski definition) is 5. The number of benzene rings is 2. The van der Waals surface area contributed by atoms with E-state index < -0.39 is 19.9 Å². The highest BCUT2D eigenvalue weighted by Gasteiger charge is 2.26. The second-order valence-corrected chi connectivity index (χ2v) is 10.6. The highest BCUT2D eigenvalue weighted by atomic mass is 32.2. The molecule has 1 fully saturated rings. The Morgan fingerprint density at radius 3 is 2.29 bits per heavy atom. The Labute approximate surface area is 167 Å². The maximum absolute atomic E-state index is 13.1. The van der Waals surface area contributed by atoms with Crippen LogP contribution in [0.2, 0.25) is 0 Å². The quantitative estimate of drug-likeness (QED) is 0.715. The number of sulfone groups is 1. The lowest BCUT2D eigenvalue weighted by Crippen LogP contribution is -2.42. The molecule has 2 aromatic rings. The van der Waals surface area contributed by atoms with Gasteiger partial charge in [0.2, 0.25) is 19.9 Å². The molecule has 0 spiro atoms. The van der Waals surface area contributed by atoms with Gasteiger partial charge in [-0.1, -0.05) is 37.6 Å². The van der Waals surface area contributed by atoms with Crippen LogP contribution in [0.4, 0.5) is 0 Å². The average molecular weight is 423 g/mol. The largest absolute Gasteiger partial charge is 0.317 e. The summed E-state index contributed by atoms with van der Waals surface area (Å²) in [6.45, 7) is 3.49. The minimum absolute atomic E-state index is 0.00996. The van der Waals surface area contributed by atoms with Gasteiger partial charge in [-0.2, -0.15) is 0 Å². The normalized spacial score (nSPS) is 16.2. The lowest BCUT2D eigenvalue weighted by atomic mass is 10.1. The van der Waals surface area contributed by atoms with Crippen molar-refractivity contribution in [3.63, 3.8) is 0 Å². The Bertz CT molecular complexity index is 1010. The highest BCUT2D eigenvalue weighted by Crippen LogP contribution is 2.27. The van der Waals surface area contributed by atoms with Gasteiger partial charge in [0.1, 0.15) is 0 Å². The zero-order valence-electron chi connectivity index (χ0n) is 15.9. The van der Waals surface area contributed by atoms with Crippen LogP contribution in [-0.2, 0) is 26.3 Å². The van der Waals surface area contributed by atoms with Crippen LogP contribution >= 0.6 is 0 Å². The maximum atomic E-state index is 13.1. The molecular weight excluding hydrogens is 396 g/mol. The number of nitrogens with one attached hydrogen (secondary N) is 2. The SMILES string of the molecule is CCCc1ccc(S(=O)(=O)c2ccccc2)cc1S(=O)(=O)NC1CCNCC1. The van der Waals surface area contributed by atoms with Crippen LogP contribution in [0.25, 0.3) is 0 Å². The predicted molar refractivity (Wildman–Crippen MR) is 109 cm³/mol. The van der Waals surface area contributed by atoms with Gasteiger partial charge in [-0.25, -0.2) is 21.6 Å². The topological polar surface area (TPSA) is 92.3 Å². The first-order valence-corrected chi connectivity index (χ1v) is 12.5. The molecule has 1 aliphatic rings. The smallest absolute Gasteiger partial charge is 0.241 e. The van der Waals surface area contributed by atoms with Gasteiger partial charge in [-0.3, -0.25) is 0 Å². The molecule has 2 N–H and O–H groups in total. The van der Waals surface area contributed by atoms with E-state index in [-0.39, 0.29) is 20.7 Å². The Hall–Kier alpha value is -1.74. The molecule has 1 heterocycles. The minimum Gasteiger partial charge on any atom is -0.317 e. The summed E-state index contributed by atoms with van der Waals surface area (Å²) in [5, 5.41) is 3.20. The molecule has 0 aliphatic carbocycles. The van der Waals surface area contributed by atoms with Crippen molar-refractivity contribution in [1.29, 1.82) is 0 Å². The van der Waals surface area contributed by atoms with Crippen LogP contribution in [0.15, 0.2) is 63.2 Å².